The van der Waals surface area contributed by atoms with Crippen LogP contribution in [0.15, 0.2) is 83.3 Å². The summed E-state index contributed by atoms with van der Waals surface area (Å²) >= 11 is 3.19. The summed E-state index contributed by atoms with van der Waals surface area (Å²) in [7, 11) is 0. The molecule has 15 nitrogen and oxygen atoms in total. The van der Waals surface area contributed by atoms with Crippen LogP contribution in [0.1, 0.15) is 104 Å². The molecule has 5 heterocycles. The number of nitrogens with zero attached hydrogens (tertiary/aromatic N) is 6. The molecule has 0 radical (unpaired) electrons. The van der Waals surface area contributed by atoms with E-state index in [2.05, 4.69) is 39.7 Å². The predicted molar refractivity (Wildman–Crippen MR) is 267 cm³/mol. The zero-order chi connectivity index (χ0) is 49.5. The van der Waals surface area contributed by atoms with E-state index in [0.717, 1.165) is 59.4 Å². The number of benzene rings is 3. The molecule has 3 aromatic heterocycles. The number of thiazole rings is 1. The largest absolute Gasteiger partial charge is 0.493 e. The van der Waals surface area contributed by atoms with Crippen LogP contribution in [0, 0.1) is 39.0 Å². The Morgan fingerprint density at radius 2 is 1.51 bits per heavy atom. The molecule has 8 rings (SSSR count). The highest BCUT2D eigenvalue weighted by Gasteiger charge is 2.45. The standard InChI is InChI=1S/C52H58N8O7S2/c1-27-31(5)69-50-42(27)44(56-43(28(2)51(65)66)47-58-57-32(6)60(47)50)36-14-12-34(13-15-36)35-18-20-39(21-19-35)67-23-22-41(62)55-46(52(7,8)9)49(64)59-25-38(61)24-40(59)48(63)54-29(3)33-10-16-37(17-11-33)45-30(4)53-26-68-45/h10-21,26,28-29,38,40,43,46,61H,22-25H2,1-9H3,(H,54,63)(H,55,62)(H,65,66)/t28?,29-,38+,40-,43-,46+/m0/s1. The number of aryl methyl sites for hydroxylation is 3. The molecule has 6 atom stereocenters. The minimum Gasteiger partial charge on any atom is -0.493 e. The van der Waals surface area contributed by atoms with Crippen molar-refractivity contribution in [1.29, 1.82) is 0 Å². The number of aromatic nitrogens is 4. The summed E-state index contributed by atoms with van der Waals surface area (Å²) in [6.45, 7) is 17.1. The van der Waals surface area contributed by atoms with Gasteiger partial charge in [0.05, 0.1) is 52.9 Å². The minimum absolute atomic E-state index is 0.0210. The van der Waals surface area contributed by atoms with Gasteiger partial charge in [0.2, 0.25) is 17.7 Å². The van der Waals surface area contributed by atoms with Gasteiger partial charge in [0, 0.05) is 29.0 Å². The van der Waals surface area contributed by atoms with Crippen molar-refractivity contribution < 1.29 is 34.1 Å². The summed E-state index contributed by atoms with van der Waals surface area (Å²) in [4.78, 5) is 66.7. The fourth-order valence-electron chi connectivity index (χ4n) is 8.89. The van der Waals surface area contributed by atoms with Crippen molar-refractivity contribution in [1.82, 2.24) is 35.3 Å². The Balaban J connectivity index is 0.882. The number of carboxylic acid groups (broad SMARTS) is 1. The van der Waals surface area contributed by atoms with Gasteiger partial charge in [0.15, 0.2) is 5.82 Å². The van der Waals surface area contributed by atoms with Gasteiger partial charge in [0.25, 0.3) is 0 Å². The fraction of sp³-hybridized carbons (Fsp3) is 0.385. The highest BCUT2D eigenvalue weighted by atomic mass is 32.1. The SMILES string of the molecule is Cc1ncsc1-c1ccc([C@H](C)NC(=O)[C@@H]2C[C@@H](O)CN2C(=O)[C@@H](NC(=O)CCOc2ccc(-c3ccc(C4=N[C@@H](C(C)C(=O)O)c5nnc(C)n5-c5sc(C)c(C)c54)cc3)cc2)C(C)(C)C)cc1. The number of aliphatic carboxylic acids is 1. The molecule has 360 valence electrons. The number of β-amino-alcohol motifs (C(OH)–C–C–N with tert-alkyl or cyclic N) is 1. The molecular formula is C52H58N8O7S2. The van der Waals surface area contributed by atoms with Crippen LogP contribution >= 0.6 is 22.7 Å². The van der Waals surface area contributed by atoms with E-state index >= 15 is 0 Å². The van der Waals surface area contributed by atoms with Gasteiger partial charge < -0.3 is 30.5 Å². The number of amides is 3. The van der Waals surface area contributed by atoms with Crippen molar-refractivity contribution in [3.05, 3.63) is 123 Å². The number of fused-ring (bicyclic) bond motifs is 3. The van der Waals surface area contributed by atoms with Gasteiger partial charge in [-0.1, -0.05) is 81.4 Å². The second kappa shape index (κ2) is 19.8. The highest BCUT2D eigenvalue weighted by molar-refractivity contribution is 7.15. The van der Waals surface area contributed by atoms with Crippen LogP contribution in [-0.2, 0) is 19.2 Å². The quantitative estimate of drug-likeness (QED) is 0.0827. The number of aliphatic imine (C=N–C) groups is 1. The van der Waals surface area contributed by atoms with Crippen LogP contribution in [-0.4, -0.2) is 95.6 Å². The highest BCUT2D eigenvalue weighted by Crippen LogP contribution is 2.41. The first-order chi connectivity index (χ1) is 32.8. The number of aliphatic hydroxyl groups is 1. The number of hydrogen-bond donors (Lipinski definition) is 4. The van der Waals surface area contributed by atoms with Crippen LogP contribution in [0.2, 0.25) is 0 Å². The lowest BCUT2D eigenvalue weighted by molar-refractivity contribution is -0.144. The summed E-state index contributed by atoms with van der Waals surface area (Å²) in [6.07, 6.45) is -0.821. The van der Waals surface area contributed by atoms with E-state index in [1.165, 1.54) is 4.90 Å². The topological polar surface area (TPSA) is 201 Å². The van der Waals surface area contributed by atoms with Crippen LogP contribution in [0.25, 0.3) is 26.6 Å². The molecule has 2 aliphatic heterocycles. The average Bonchev–Trinajstić information content (AvgIpc) is 4.08. The van der Waals surface area contributed by atoms with Crippen molar-refractivity contribution >= 4 is 52.1 Å². The predicted octanol–water partition coefficient (Wildman–Crippen LogP) is 8.10. The summed E-state index contributed by atoms with van der Waals surface area (Å²) < 4.78 is 7.93. The lowest BCUT2D eigenvalue weighted by Crippen LogP contribution is -2.58. The molecule has 17 heteroatoms. The molecular weight excluding hydrogens is 913 g/mol. The molecule has 69 heavy (non-hydrogen) atoms. The van der Waals surface area contributed by atoms with Crippen molar-refractivity contribution in [2.75, 3.05) is 13.2 Å². The number of aliphatic hydroxyl groups excluding tert-OH is 1. The van der Waals surface area contributed by atoms with Crippen LogP contribution in [0.4, 0.5) is 0 Å². The Hall–Kier alpha value is -6.56. The zero-order valence-corrected chi connectivity index (χ0v) is 41.9. The monoisotopic (exact) mass is 970 g/mol. The number of nitrogens with one attached hydrogen (secondary N) is 2. The first-order valence-electron chi connectivity index (χ1n) is 23.1. The number of likely N-dealkylation sites (tertiary alicyclic amines) is 1. The van der Waals surface area contributed by atoms with Crippen LogP contribution in [0.3, 0.4) is 0 Å². The fourth-order valence-corrected chi connectivity index (χ4v) is 10.9. The zero-order valence-electron chi connectivity index (χ0n) is 40.2. The number of hydrogen-bond acceptors (Lipinski definition) is 12. The number of thiophene rings is 1. The summed E-state index contributed by atoms with van der Waals surface area (Å²) in [5.41, 5.74) is 9.46. The third-order valence-electron chi connectivity index (χ3n) is 13.1. The molecule has 4 N–H and O–H groups in total. The van der Waals surface area contributed by atoms with E-state index < -0.39 is 47.4 Å². The Bertz CT molecular complexity index is 2910. The van der Waals surface area contributed by atoms with Crippen LogP contribution < -0.4 is 15.4 Å². The Kier molecular flexibility index (Phi) is 14.0. The molecule has 0 aliphatic carbocycles. The smallest absolute Gasteiger partial charge is 0.308 e. The van der Waals surface area contributed by atoms with Gasteiger partial charge in [-0.25, -0.2) is 4.98 Å². The van der Waals surface area contributed by atoms with Gasteiger partial charge in [-0.2, -0.15) is 0 Å². The Morgan fingerprint density at radius 3 is 2.13 bits per heavy atom. The maximum absolute atomic E-state index is 14.2. The molecule has 3 amide bonds. The third-order valence-corrected chi connectivity index (χ3v) is 15.2. The molecule has 1 saturated heterocycles. The van der Waals surface area contributed by atoms with E-state index in [9.17, 15) is 29.4 Å². The molecule has 0 saturated carbocycles. The van der Waals surface area contributed by atoms with Crippen molar-refractivity contribution in [3.8, 4) is 32.3 Å². The van der Waals surface area contributed by atoms with Crippen molar-refractivity contribution in [2.45, 2.75) is 105 Å². The second-order valence-electron chi connectivity index (χ2n) is 19.0. The average molecular weight is 971 g/mol. The minimum atomic E-state index is -0.968. The molecule has 2 aliphatic rings. The second-order valence-corrected chi connectivity index (χ2v) is 21.1. The molecule has 0 spiro atoms. The van der Waals surface area contributed by atoms with Gasteiger partial charge >= 0.3 is 5.97 Å². The summed E-state index contributed by atoms with van der Waals surface area (Å²) in [5.74, 6) is -1.26. The Labute approximate surface area is 409 Å². The van der Waals surface area contributed by atoms with E-state index in [4.69, 9.17) is 9.73 Å². The third kappa shape index (κ3) is 10.1. The van der Waals surface area contributed by atoms with Gasteiger partial charge in [0.1, 0.15) is 34.7 Å². The first kappa shape index (κ1) is 48.9. The van der Waals surface area contributed by atoms with Crippen molar-refractivity contribution in [2.24, 2.45) is 16.3 Å². The number of carbonyl (C=O) groups excluding carboxylic acids is 3. The number of rotatable bonds is 14. The van der Waals surface area contributed by atoms with Crippen molar-refractivity contribution in [3.63, 3.8) is 0 Å². The summed E-state index contributed by atoms with van der Waals surface area (Å²) in [6, 6.07) is 20.5. The van der Waals surface area contributed by atoms with E-state index in [0.29, 0.717) is 23.1 Å². The number of carbonyl (C=O) groups is 4. The lowest BCUT2D eigenvalue weighted by Gasteiger charge is -2.35. The Morgan fingerprint density at radius 1 is 0.870 bits per heavy atom. The van der Waals surface area contributed by atoms with Crippen LogP contribution in [0.5, 0.6) is 5.75 Å². The molecule has 0 bridgehead atoms. The van der Waals surface area contributed by atoms with Gasteiger partial charge in [-0.3, -0.25) is 28.7 Å². The normalized spacial score (nSPS) is 18.0. The number of ether oxygens (including phenoxy) is 1. The maximum Gasteiger partial charge on any atom is 0.308 e. The van der Waals surface area contributed by atoms with Gasteiger partial charge in [-0.05, 0) is 86.9 Å². The van der Waals surface area contributed by atoms with E-state index in [-0.39, 0.29) is 43.8 Å². The lowest BCUT2D eigenvalue weighted by atomic mass is 9.85. The molecule has 1 fully saturated rings. The molecule has 6 aromatic rings. The number of carboxylic acids is 1. The molecule has 3 aromatic carbocycles. The maximum atomic E-state index is 14.2. The first-order valence-corrected chi connectivity index (χ1v) is 24.8. The summed E-state index contributed by atoms with van der Waals surface area (Å²) in [5, 5.41) is 36.3. The molecule has 1 unspecified atom stereocenters. The van der Waals surface area contributed by atoms with Gasteiger partial charge in [-0.15, -0.1) is 32.9 Å². The van der Waals surface area contributed by atoms with E-state index in [1.54, 1.807) is 29.6 Å². The van der Waals surface area contributed by atoms with E-state index in [1.807, 2.05) is 124 Å².